The fourth-order valence-electron chi connectivity index (χ4n) is 2.01. The van der Waals surface area contributed by atoms with Crippen LogP contribution in [0.3, 0.4) is 0 Å². The van der Waals surface area contributed by atoms with Crippen molar-refractivity contribution < 1.29 is 0 Å². The predicted octanol–water partition coefficient (Wildman–Crippen LogP) is 5.48. The van der Waals surface area contributed by atoms with E-state index in [-0.39, 0.29) is 0 Å². The van der Waals surface area contributed by atoms with Gasteiger partial charge in [-0.2, -0.15) is 0 Å². The molecule has 0 fully saturated rings. The summed E-state index contributed by atoms with van der Waals surface area (Å²) in [6.07, 6.45) is 1.98. The lowest BCUT2D eigenvalue weighted by Crippen LogP contribution is -2.00. The largest absolute Gasteiger partial charge is 0.232 e. The van der Waals surface area contributed by atoms with Crippen LogP contribution in [0.4, 0.5) is 0 Å². The van der Waals surface area contributed by atoms with Crippen molar-refractivity contribution in [3.8, 4) is 11.4 Å². The molecule has 0 atom stereocenters. The van der Waals surface area contributed by atoms with Crippen LogP contribution in [0.2, 0.25) is 5.15 Å². The molecule has 0 aliphatic rings. The zero-order valence-corrected chi connectivity index (χ0v) is 14.9. The molecular formula is C16H18ClIN2. The Morgan fingerprint density at radius 2 is 1.80 bits per heavy atom. The van der Waals surface area contributed by atoms with Crippen molar-refractivity contribution >= 4 is 34.2 Å². The van der Waals surface area contributed by atoms with E-state index in [9.17, 15) is 0 Å². The number of halogens is 2. The van der Waals surface area contributed by atoms with E-state index >= 15 is 0 Å². The summed E-state index contributed by atoms with van der Waals surface area (Å²) in [6, 6.07) is 8.41. The molecule has 0 saturated heterocycles. The minimum atomic E-state index is 0.529. The minimum absolute atomic E-state index is 0.529. The SMILES string of the molecule is CCCc1nc(-c2ccc(C(C)C)cc2)nc(Cl)c1I. The normalized spacial score (nSPS) is 11.1. The van der Waals surface area contributed by atoms with Gasteiger partial charge in [0.25, 0.3) is 0 Å². The topological polar surface area (TPSA) is 25.8 Å². The quantitative estimate of drug-likeness (QED) is 0.502. The number of rotatable bonds is 4. The standard InChI is InChI=1S/C16H18ClIN2/c1-4-5-13-14(18)15(17)20-16(19-13)12-8-6-11(7-9-12)10(2)3/h6-10H,4-5H2,1-3H3. The molecule has 0 radical (unpaired) electrons. The van der Waals surface area contributed by atoms with Gasteiger partial charge in [0.05, 0.1) is 9.26 Å². The summed E-state index contributed by atoms with van der Waals surface area (Å²) >= 11 is 8.45. The molecule has 1 aromatic heterocycles. The molecule has 0 bridgehead atoms. The van der Waals surface area contributed by atoms with E-state index in [1.54, 1.807) is 0 Å². The Kier molecular flexibility index (Phi) is 5.38. The number of aryl methyl sites for hydroxylation is 1. The van der Waals surface area contributed by atoms with Crippen LogP contribution in [-0.2, 0) is 6.42 Å². The Hall–Kier alpha value is -0.680. The highest BCUT2D eigenvalue weighted by Gasteiger charge is 2.11. The molecule has 1 aromatic carbocycles. The van der Waals surface area contributed by atoms with Crippen LogP contribution in [0.25, 0.3) is 11.4 Å². The van der Waals surface area contributed by atoms with Crippen molar-refractivity contribution in [3.05, 3.63) is 44.2 Å². The maximum atomic E-state index is 6.23. The van der Waals surface area contributed by atoms with Gasteiger partial charge in [0.15, 0.2) is 5.82 Å². The van der Waals surface area contributed by atoms with Crippen LogP contribution in [0.1, 0.15) is 44.4 Å². The minimum Gasteiger partial charge on any atom is -0.232 e. The molecule has 0 spiro atoms. The Morgan fingerprint density at radius 1 is 1.15 bits per heavy atom. The summed E-state index contributed by atoms with van der Waals surface area (Å²) in [6.45, 7) is 6.52. The van der Waals surface area contributed by atoms with Crippen molar-refractivity contribution in [2.24, 2.45) is 0 Å². The first-order valence-corrected chi connectivity index (χ1v) is 8.30. The van der Waals surface area contributed by atoms with Crippen LogP contribution in [0.15, 0.2) is 24.3 Å². The number of aromatic nitrogens is 2. The van der Waals surface area contributed by atoms with Crippen LogP contribution >= 0.6 is 34.2 Å². The lowest BCUT2D eigenvalue weighted by molar-refractivity contribution is 0.863. The molecule has 106 valence electrons. The van der Waals surface area contributed by atoms with Gasteiger partial charge in [-0.1, -0.05) is 63.1 Å². The average molecular weight is 401 g/mol. The van der Waals surface area contributed by atoms with Crippen molar-refractivity contribution in [2.75, 3.05) is 0 Å². The number of nitrogens with zero attached hydrogens (tertiary/aromatic N) is 2. The first-order valence-electron chi connectivity index (χ1n) is 6.85. The third-order valence-corrected chi connectivity index (χ3v) is 4.93. The zero-order valence-electron chi connectivity index (χ0n) is 12.0. The van der Waals surface area contributed by atoms with Gasteiger partial charge < -0.3 is 0 Å². The number of hydrogen-bond donors (Lipinski definition) is 0. The zero-order chi connectivity index (χ0) is 14.7. The summed E-state index contributed by atoms with van der Waals surface area (Å²) in [5.41, 5.74) is 3.38. The molecule has 2 aromatic rings. The molecule has 0 N–H and O–H groups in total. The van der Waals surface area contributed by atoms with Crippen LogP contribution in [0, 0.1) is 3.57 Å². The van der Waals surface area contributed by atoms with Crippen molar-refractivity contribution in [3.63, 3.8) is 0 Å². The van der Waals surface area contributed by atoms with Crippen molar-refractivity contribution in [1.29, 1.82) is 0 Å². The lowest BCUT2D eigenvalue weighted by atomic mass is 10.0. The number of hydrogen-bond acceptors (Lipinski definition) is 2. The van der Waals surface area contributed by atoms with Gasteiger partial charge >= 0.3 is 0 Å². The molecule has 0 unspecified atom stereocenters. The van der Waals surface area contributed by atoms with Gasteiger partial charge in [-0.15, -0.1) is 0 Å². The molecule has 1 heterocycles. The van der Waals surface area contributed by atoms with Crippen molar-refractivity contribution in [1.82, 2.24) is 9.97 Å². The van der Waals surface area contributed by atoms with Gasteiger partial charge in [-0.25, -0.2) is 9.97 Å². The summed E-state index contributed by atoms with van der Waals surface area (Å²) in [4.78, 5) is 9.07. The van der Waals surface area contributed by atoms with Gasteiger partial charge in [-0.05, 0) is 40.5 Å². The van der Waals surface area contributed by atoms with Crippen molar-refractivity contribution in [2.45, 2.75) is 39.5 Å². The highest BCUT2D eigenvalue weighted by atomic mass is 127. The molecule has 0 amide bonds. The molecule has 4 heteroatoms. The highest BCUT2D eigenvalue weighted by Crippen LogP contribution is 2.26. The predicted molar refractivity (Wildman–Crippen MR) is 93.3 cm³/mol. The molecule has 2 rings (SSSR count). The first-order chi connectivity index (χ1) is 9.52. The van der Waals surface area contributed by atoms with Gasteiger partial charge in [0, 0.05) is 5.56 Å². The molecule has 0 saturated carbocycles. The van der Waals surface area contributed by atoms with E-state index in [1.807, 2.05) is 0 Å². The van der Waals surface area contributed by atoms with E-state index in [4.69, 9.17) is 11.6 Å². The second-order valence-corrected chi connectivity index (χ2v) is 6.56. The van der Waals surface area contributed by atoms with E-state index < -0.39 is 0 Å². The monoisotopic (exact) mass is 400 g/mol. The summed E-state index contributed by atoms with van der Waals surface area (Å²) in [7, 11) is 0. The van der Waals surface area contributed by atoms with Gasteiger partial charge in [-0.3, -0.25) is 0 Å². The molecule has 0 aliphatic heterocycles. The molecule has 2 nitrogen and oxygen atoms in total. The third-order valence-electron chi connectivity index (χ3n) is 3.20. The van der Waals surface area contributed by atoms with E-state index in [0.717, 1.165) is 27.7 Å². The lowest BCUT2D eigenvalue weighted by Gasteiger charge is -2.09. The summed E-state index contributed by atoms with van der Waals surface area (Å²) < 4.78 is 0.966. The molecule has 20 heavy (non-hydrogen) atoms. The van der Waals surface area contributed by atoms with E-state index in [0.29, 0.717) is 16.9 Å². The van der Waals surface area contributed by atoms with Gasteiger partial charge in [0.2, 0.25) is 0 Å². The fraction of sp³-hybridized carbons (Fsp3) is 0.375. The van der Waals surface area contributed by atoms with Crippen LogP contribution in [0.5, 0.6) is 0 Å². The Morgan fingerprint density at radius 3 is 2.35 bits per heavy atom. The third kappa shape index (κ3) is 3.50. The van der Waals surface area contributed by atoms with E-state index in [1.165, 1.54) is 5.56 Å². The summed E-state index contributed by atoms with van der Waals surface area (Å²) in [5, 5.41) is 0.548. The smallest absolute Gasteiger partial charge is 0.161 e. The Labute approximate surface area is 139 Å². The highest BCUT2D eigenvalue weighted by molar-refractivity contribution is 14.1. The second kappa shape index (κ2) is 6.85. The molecule has 0 aliphatic carbocycles. The fourth-order valence-corrected chi connectivity index (χ4v) is 2.71. The summed E-state index contributed by atoms with van der Waals surface area (Å²) in [5.74, 6) is 1.25. The number of benzene rings is 1. The Bertz CT molecular complexity index is 594. The first kappa shape index (κ1) is 15.7. The average Bonchev–Trinajstić information content (AvgIpc) is 2.44. The van der Waals surface area contributed by atoms with E-state index in [2.05, 4.69) is 77.6 Å². The maximum absolute atomic E-state index is 6.23. The van der Waals surface area contributed by atoms with Gasteiger partial charge in [0.1, 0.15) is 5.15 Å². The Balaban J connectivity index is 2.41. The van der Waals surface area contributed by atoms with Crippen LogP contribution < -0.4 is 0 Å². The molecular weight excluding hydrogens is 383 g/mol. The second-order valence-electron chi connectivity index (χ2n) is 5.13. The van der Waals surface area contributed by atoms with Crippen LogP contribution in [-0.4, -0.2) is 9.97 Å². The maximum Gasteiger partial charge on any atom is 0.161 e.